The zero-order chi connectivity index (χ0) is 19.6. The monoisotopic (exact) mass is 392 g/mol. The van der Waals surface area contributed by atoms with Crippen LogP contribution < -0.4 is 4.90 Å². The van der Waals surface area contributed by atoms with Crippen molar-refractivity contribution in [2.45, 2.75) is 29.4 Å². The summed E-state index contributed by atoms with van der Waals surface area (Å²) in [6, 6.07) is 17.4. The van der Waals surface area contributed by atoms with Crippen LogP contribution in [0.25, 0.3) is 11.0 Å². The van der Waals surface area contributed by atoms with Crippen molar-refractivity contribution >= 4 is 26.7 Å². The summed E-state index contributed by atoms with van der Waals surface area (Å²) in [5.41, 5.74) is 1.49. The van der Waals surface area contributed by atoms with Crippen LogP contribution in [0.5, 0.6) is 0 Å². The van der Waals surface area contributed by atoms with Gasteiger partial charge in [0.25, 0.3) is 0 Å². The predicted molar refractivity (Wildman–Crippen MR) is 108 cm³/mol. The van der Waals surface area contributed by atoms with Gasteiger partial charge in [0.15, 0.2) is 11.1 Å². The zero-order valence-electron chi connectivity index (χ0n) is 15.3. The Kier molecular flexibility index (Phi) is 4.97. The highest BCUT2D eigenvalue weighted by molar-refractivity contribution is 7.92. The Morgan fingerprint density at radius 2 is 1.50 bits per heavy atom. The number of benzene rings is 2. The number of fused-ring (bicyclic) bond motifs is 1. The van der Waals surface area contributed by atoms with Crippen molar-refractivity contribution in [2.75, 3.05) is 18.0 Å². The molecule has 1 aromatic heterocycles. The van der Waals surface area contributed by atoms with Crippen molar-refractivity contribution in [3.05, 3.63) is 60.3 Å². The first kappa shape index (κ1) is 18.4. The van der Waals surface area contributed by atoms with Crippen LogP contribution in [0, 0.1) is 11.3 Å². The van der Waals surface area contributed by atoms with E-state index in [1.54, 1.807) is 24.3 Å². The molecular weight excluding hydrogens is 372 g/mol. The molecule has 7 heteroatoms. The molecule has 142 valence electrons. The standard InChI is InChI=1S/C21H20N4O2S/c22-15-19(28(26,27)16-9-3-1-4-10-16)20-21(25-13-7-2-8-14-25)24-18-12-6-5-11-17(18)23-20/h1,3-6,9-12,19H,2,7-8,13-14H2. The Hall–Kier alpha value is -2.98. The van der Waals surface area contributed by atoms with Crippen molar-refractivity contribution in [1.29, 1.82) is 5.26 Å². The second kappa shape index (κ2) is 7.56. The van der Waals surface area contributed by atoms with Crippen LogP contribution in [-0.2, 0) is 9.84 Å². The van der Waals surface area contributed by atoms with Crippen LogP contribution in [0.2, 0.25) is 0 Å². The van der Waals surface area contributed by atoms with Gasteiger partial charge in [-0.1, -0.05) is 30.3 Å². The summed E-state index contributed by atoms with van der Waals surface area (Å²) in [4.78, 5) is 11.5. The van der Waals surface area contributed by atoms with Crippen molar-refractivity contribution in [2.24, 2.45) is 0 Å². The summed E-state index contributed by atoms with van der Waals surface area (Å²) < 4.78 is 26.5. The third kappa shape index (κ3) is 3.32. The molecule has 0 saturated carbocycles. The van der Waals surface area contributed by atoms with Gasteiger partial charge in [0.2, 0.25) is 9.84 Å². The molecule has 1 fully saturated rings. The molecule has 2 aromatic carbocycles. The normalized spacial score (nSPS) is 15.9. The highest BCUT2D eigenvalue weighted by Crippen LogP contribution is 2.34. The molecule has 0 bridgehead atoms. The molecule has 6 nitrogen and oxygen atoms in total. The van der Waals surface area contributed by atoms with E-state index in [0.717, 1.165) is 32.4 Å². The van der Waals surface area contributed by atoms with Gasteiger partial charge in [-0.2, -0.15) is 5.26 Å². The molecule has 0 spiro atoms. The average molecular weight is 392 g/mol. The summed E-state index contributed by atoms with van der Waals surface area (Å²) >= 11 is 0. The molecule has 28 heavy (non-hydrogen) atoms. The lowest BCUT2D eigenvalue weighted by molar-refractivity contribution is 0.569. The molecule has 3 aromatic rings. The fourth-order valence-electron chi connectivity index (χ4n) is 3.54. The molecule has 4 rings (SSSR count). The van der Waals surface area contributed by atoms with E-state index < -0.39 is 15.1 Å². The third-order valence-electron chi connectivity index (χ3n) is 4.98. The van der Waals surface area contributed by atoms with E-state index in [2.05, 4.69) is 9.88 Å². The van der Waals surface area contributed by atoms with Crippen molar-refractivity contribution in [3.63, 3.8) is 0 Å². The Morgan fingerprint density at radius 3 is 2.14 bits per heavy atom. The van der Waals surface area contributed by atoms with Gasteiger partial charge < -0.3 is 4.90 Å². The highest BCUT2D eigenvalue weighted by atomic mass is 32.2. The maximum absolute atomic E-state index is 13.2. The minimum atomic E-state index is -3.92. The topological polar surface area (TPSA) is 86.9 Å². The summed E-state index contributed by atoms with van der Waals surface area (Å²) in [6.07, 6.45) is 3.16. The van der Waals surface area contributed by atoms with Crippen LogP contribution in [0.4, 0.5) is 5.82 Å². The minimum Gasteiger partial charge on any atom is -0.355 e. The average Bonchev–Trinajstić information content (AvgIpc) is 2.75. The first-order chi connectivity index (χ1) is 13.6. The quantitative estimate of drug-likeness (QED) is 0.673. The number of para-hydroxylation sites is 2. The maximum atomic E-state index is 13.2. The number of sulfone groups is 1. The molecule has 0 aliphatic carbocycles. The fourth-order valence-corrected chi connectivity index (χ4v) is 4.94. The molecule has 0 amide bonds. The number of piperidine rings is 1. The van der Waals surface area contributed by atoms with Crippen LogP contribution in [0.15, 0.2) is 59.5 Å². The number of aromatic nitrogens is 2. The van der Waals surface area contributed by atoms with E-state index in [1.807, 2.05) is 24.3 Å². The Labute approximate surface area is 164 Å². The van der Waals surface area contributed by atoms with Crippen LogP contribution in [0.1, 0.15) is 30.2 Å². The maximum Gasteiger partial charge on any atom is 0.200 e. The van der Waals surface area contributed by atoms with E-state index in [1.165, 1.54) is 12.1 Å². The van der Waals surface area contributed by atoms with E-state index in [-0.39, 0.29) is 10.6 Å². The molecule has 0 N–H and O–H groups in total. The molecule has 1 unspecified atom stereocenters. The molecule has 1 saturated heterocycles. The van der Waals surface area contributed by atoms with Crippen molar-refractivity contribution in [1.82, 2.24) is 9.97 Å². The lowest BCUT2D eigenvalue weighted by Gasteiger charge is -2.30. The molecule has 1 aliphatic rings. The van der Waals surface area contributed by atoms with Crippen LogP contribution in [0.3, 0.4) is 0 Å². The SMILES string of the molecule is N#CC(c1nc2ccccc2nc1N1CCCCC1)S(=O)(=O)c1ccccc1. The molecule has 1 atom stereocenters. The largest absolute Gasteiger partial charge is 0.355 e. The summed E-state index contributed by atoms with van der Waals surface area (Å²) in [7, 11) is -3.92. The molecule has 1 aliphatic heterocycles. The fraction of sp³-hybridized carbons (Fsp3) is 0.286. The number of rotatable bonds is 4. The number of hydrogen-bond donors (Lipinski definition) is 0. The number of anilines is 1. The van der Waals surface area contributed by atoms with E-state index >= 15 is 0 Å². The zero-order valence-corrected chi connectivity index (χ0v) is 16.1. The molecule has 0 radical (unpaired) electrons. The van der Waals surface area contributed by atoms with Crippen molar-refractivity contribution in [3.8, 4) is 6.07 Å². The van der Waals surface area contributed by atoms with Crippen LogP contribution >= 0.6 is 0 Å². The minimum absolute atomic E-state index is 0.112. The first-order valence-corrected chi connectivity index (χ1v) is 10.9. The predicted octanol–water partition coefficient (Wildman–Crippen LogP) is 3.66. The smallest absolute Gasteiger partial charge is 0.200 e. The van der Waals surface area contributed by atoms with Crippen LogP contribution in [-0.4, -0.2) is 31.5 Å². The second-order valence-electron chi connectivity index (χ2n) is 6.84. The van der Waals surface area contributed by atoms with Crippen molar-refractivity contribution < 1.29 is 8.42 Å². The lowest BCUT2D eigenvalue weighted by Crippen LogP contribution is -2.32. The van der Waals surface area contributed by atoms with Gasteiger partial charge in [-0.25, -0.2) is 18.4 Å². The Bertz CT molecular complexity index is 1130. The third-order valence-corrected chi connectivity index (χ3v) is 6.86. The summed E-state index contributed by atoms with van der Waals surface area (Å²) in [6.45, 7) is 1.56. The highest BCUT2D eigenvalue weighted by Gasteiger charge is 2.35. The van der Waals surface area contributed by atoms with E-state index in [4.69, 9.17) is 4.98 Å². The van der Waals surface area contributed by atoms with E-state index in [9.17, 15) is 13.7 Å². The Balaban J connectivity index is 1.91. The first-order valence-electron chi connectivity index (χ1n) is 9.31. The summed E-state index contributed by atoms with van der Waals surface area (Å²) in [5, 5.41) is 8.44. The van der Waals surface area contributed by atoms with Gasteiger partial charge >= 0.3 is 0 Å². The van der Waals surface area contributed by atoms with Gasteiger partial charge in [0.05, 0.1) is 22.0 Å². The number of hydrogen-bond acceptors (Lipinski definition) is 6. The van der Waals surface area contributed by atoms with Gasteiger partial charge in [0.1, 0.15) is 5.69 Å². The van der Waals surface area contributed by atoms with Gasteiger partial charge in [-0.05, 0) is 43.5 Å². The second-order valence-corrected chi connectivity index (χ2v) is 8.87. The van der Waals surface area contributed by atoms with E-state index in [0.29, 0.717) is 16.9 Å². The molecular formula is C21H20N4O2S. The van der Waals surface area contributed by atoms with Gasteiger partial charge in [-0.3, -0.25) is 0 Å². The lowest BCUT2D eigenvalue weighted by atomic mass is 10.1. The summed E-state index contributed by atoms with van der Waals surface area (Å²) in [5.74, 6) is 0.504. The van der Waals surface area contributed by atoms with Gasteiger partial charge in [-0.15, -0.1) is 0 Å². The number of nitrogens with zero attached hydrogens (tertiary/aromatic N) is 4. The van der Waals surface area contributed by atoms with Gasteiger partial charge in [0, 0.05) is 13.1 Å². The Morgan fingerprint density at radius 1 is 0.893 bits per heavy atom. The molecule has 2 heterocycles. The number of nitriles is 1.